The number of hydrogen-bond acceptors (Lipinski definition) is 4. The molecule has 0 saturated heterocycles. The Morgan fingerprint density at radius 1 is 1.10 bits per heavy atom. The fraction of sp³-hybridized carbons (Fsp3) is 0.143. The predicted molar refractivity (Wildman–Crippen MR) is 78.4 cm³/mol. The van der Waals surface area contributed by atoms with E-state index in [9.17, 15) is 8.42 Å². The van der Waals surface area contributed by atoms with Crippen LogP contribution in [0.4, 0.5) is 5.69 Å². The number of azide groups is 1. The SMILES string of the molecule is Cc1ccc(S(=O)(=O)OCc2ccc(N=[N+]=[N-])cc2)cc1. The van der Waals surface area contributed by atoms with E-state index in [1.54, 1.807) is 36.4 Å². The van der Waals surface area contributed by atoms with Gasteiger partial charge in [0.05, 0.1) is 11.5 Å². The van der Waals surface area contributed by atoms with Gasteiger partial charge in [-0.3, -0.25) is 4.18 Å². The van der Waals surface area contributed by atoms with Gasteiger partial charge in [0.2, 0.25) is 0 Å². The molecular formula is C14H13N3O3S. The van der Waals surface area contributed by atoms with Gasteiger partial charge >= 0.3 is 0 Å². The van der Waals surface area contributed by atoms with Gasteiger partial charge in [-0.2, -0.15) is 8.42 Å². The van der Waals surface area contributed by atoms with Crippen molar-refractivity contribution >= 4 is 15.8 Å². The van der Waals surface area contributed by atoms with Gasteiger partial charge in [-0.15, -0.1) is 0 Å². The Morgan fingerprint density at radius 2 is 1.71 bits per heavy atom. The Kier molecular flexibility index (Phi) is 4.59. The van der Waals surface area contributed by atoms with Crippen molar-refractivity contribution in [3.63, 3.8) is 0 Å². The Labute approximate surface area is 122 Å². The van der Waals surface area contributed by atoms with E-state index in [0.29, 0.717) is 11.3 Å². The van der Waals surface area contributed by atoms with Crippen LogP contribution < -0.4 is 0 Å². The summed E-state index contributed by atoms with van der Waals surface area (Å²) in [6, 6.07) is 12.9. The standard InChI is InChI=1S/C14H13N3O3S/c1-11-2-8-14(9-3-11)21(18,19)20-10-12-4-6-13(7-5-12)16-17-15/h2-9H,10H2,1H3. The maximum Gasteiger partial charge on any atom is 0.297 e. The van der Waals surface area contributed by atoms with Crippen LogP contribution >= 0.6 is 0 Å². The smallest absolute Gasteiger partial charge is 0.262 e. The second-order valence-corrected chi connectivity index (χ2v) is 6.00. The lowest BCUT2D eigenvalue weighted by Crippen LogP contribution is -2.06. The number of hydrogen-bond donors (Lipinski definition) is 0. The van der Waals surface area contributed by atoms with E-state index in [-0.39, 0.29) is 11.5 Å². The van der Waals surface area contributed by atoms with Gasteiger partial charge in [-0.25, -0.2) is 0 Å². The average Bonchev–Trinajstić information content (AvgIpc) is 2.47. The first-order valence-electron chi connectivity index (χ1n) is 6.11. The molecule has 21 heavy (non-hydrogen) atoms. The number of aryl methyl sites for hydroxylation is 1. The molecule has 2 aromatic carbocycles. The molecule has 0 radical (unpaired) electrons. The van der Waals surface area contributed by atoms with Crippen LogP contribution in [0, 0.1) is 6.92 Å². The van der Waals surface area contributed by atoms with Crippen molar-refractivity contribution in [1.29, 1.82) is 0 Å². The summed E-state index contributed by atoms with van der Waals surface area (Å²) in [5.41, 5.74) is 10.4. The van der Waals surface area contributed by atoms with Crippen molar-refractivity contribution in [2.45, 2.75) is 18.4 Å². The van der Waals surface area contributed by atoms with Gasteiger partial charge in [0.1, 0.15) is 0 Å². The van der Waals surface area contributed by atoms with E-state index in [4.69, 9.17) is 9.71 Å². The molecule has 0 aliphatic carbocycles. The van der Waals surface area contributed by atoms with Crippen LogP contribution in [-0.4, -0.2) is 8.42 Å². The summed E-state index contributed by atoms with van der Waals surface area (Å²) in [5.74, 6) is 0. The van der Waals surface area contributed by atoms with Crippen LogP contribution in [0.15, 0.2) is 58.5 Å². The van der Waals surface area contributed by atoms with Crippen LogP contribution in [0.5, 0.6) is 0 Å². The van der Waals surface area contributed by atoms with Crippen molar-refractivity contribution in [2.75, 3.05) is 0 Å². The average molecular weight is 303 g/mol. The molecule has 0 aliphatic rings. The molecule has 0 amide bonds. The molecule has 0 unspecified atom stereocenters. The third-order valence-corrected chi connectivity index (χ3v) is 4.06. The highest BCUT2D eigenvalue weighted by Crippen LogP contribution is 2.17. The topological polar surface area (TPSA) is 92.1 Å². The molecule has 0 saturated carbocycles. The zero-order chi connectivity index (χ0) is 15.3. The molecule has 0 fully saturated rings. The molecule has 0 atom stereocenters. The molecule has 7 heteroatoms. The third kappa shape index (κ3) is 4.06. The van der Waals surface area contributed by atoms with Gasteiger partial charge in [0.15, 0.2) is 0 Å². The molecule has 0 N–H and O–H groups in total. The van der Waals surface area contributed by atoms with Crippen molar-refractivity contribution < 1.29 is 12.6 Å². The third-order valence-electron chi connectivity index (χ3n) is 2.79. The first kappa shape index (κ1) is 15.1. The predicted octanol–water partition coefficient (Wildman–Crippen LogP) is 3.84. The summed E-state index contributed by atoms with van der Waals surface area (Å²) in [4.78, 5) is 2.79. The Morgan fingerprint density at radius 3 is 2.29 bits per heavy atom. The molecule has 0 spiro atoms. The molecule has 0 aliphatic heterocycles. The van der Waals surface area contributed by atoms with Gasteiger partial charge in [0.25, 0.3) is 10.1 Å². The van der Waals surface area contributed by atoms with Crippen LogP contribution in [-0.2, 0) is 20.9 Å². The normalized spacial score (nSPS) is 10.9. The van der Waals surface area contributed by atoms with E-state index in [0.717, 1.165) is 5.56 Å². The van der Waals surface area contributed by atoms with Crippen LogP contribution in [0.25, 0.3) is 10.4 Å². The highest BCUT2D eigenvalue weighted by molar-refractivity contribution is 7.86. The van der Waals surface area contributed by atoms with Crippen molar-refractivity contribution in [3.8, 4) is 0 Å². The highest BCUT2D eigenvalue weighted by Gasteiger charge is 2.14. The maximum atomic E-state index is 12.0. The lowest BCUT2D eigenvalue weighted by atomic mass is 10.2. The second kappa shape index (κ2) is 6.41. The molecule has 2 rings (SSSR count). The highest BCUT2D eigenvalue weighted by atomic mass is 32.2. The van der Waals surface area contributed by atoms with Crippen LogP contribution in [0.3, 0.4) is 0 Å². The fourth-order valence-corrected chi connectivity index (χ4v) is 2.53. The van der Waals surface area contributed by atoms with Gasteiger partial charge in [0, 0.05) is 10.6 Å². The molecule has 0 bridgehead atoms. The lowest BCUT2D eigenvalue weighted by molar-refractivity contribution is 0.308. The molecule has 0 aromatic heterocycles. The summed E-state index contributed by atoms with van der Waals surface area (Å²) in [5, 5.41) is 3.43. The Bertz CT molecular complexity index is 762. The van der Waals surface area contributed by atoms with Crippen molar-refractivity contribution in [2.24, 2.45) is 5.11 Å². The van der Waals surface area contributed by atoms with Crippen LogP contribution in [0.1, 0.15) is 11.1 Å². The molecule has 6 nitrogen and oxygen atoms in total. The Hall–Kier alpha value is -2.34. The Balaban J connectivity index is 2.07. The molecule has 108 valence electrons. The molecule has 0 heterocycles. The zero-order valence-corrected chi connectivity index (χ0v) is 12.1. The quantitative estimate of drug-likeness (QED) is 0.363. The fourth-order valence-electron chi connectivity index (χ4n) is 1.63. The van der Waals surface area contributed by atoms with E-state index in [1.807, 2.05) is 6.92 Å². The monoisotopic (exact) mass is 303 g/mol. The van der Waals surface area contributed by atoms with Crippen LogP contribution in [0.2, 0.25) is 0 Å². The number of benzene rings is 2. The maximum absolute atomic E-state index is 12.0. The first-order valence-corrected chi connectivity index (χ1v) is 7.52. The number of rotatable bonds is 5. The van der Waals surface area contributed by atoms with Crippen molar-refractivity contribution in [3.05, 3.63) is 70.1 Å². The van der Waals surface area contributed by atoms with E-state index in [2.05, 4.69) is 10.0 Å². The molecule has 2 aromatic rings. The second-order valence-electron chi connectivity index (χ2n) is 4.39. The number of nitrogens with zero attached hydrogens (tertiary/aromatic N) is 3. The summed E-state index contributed by atoms with van der Waals surface area (Å²) in [6.45, 7) is 1.80. The zero-order valence-electron chi connectivity index (χ0n) is 11.3. The lowest BCUT2D eigenvalue weighted by Gasteiger charge is -2.06. The minimum atomic E-state index is -3.78. The first-order chi connectivity index (χ1) is 10.0. The summed E-state index contributed by atoms with van der Waals surface area (Å²) < 4.78 is 29.0. The van der Waals surface area contributed by atoms with Crippen molar-refractivity contribution in [1.82, 2.24) is 0 Å². The minimum Gasteiger partial charge on any atom is -0.262 e. The van der Waals surface area contributed by atoms with Gasteiger partial charge in [-0.1, -0.05) is 47.1 Å². The van der Waals surface area contributed by atoms with E-state index >= 15 is 0 Å². The summed E-state index contributed by atoms with van der Waals surface area (Å²) >= 11 is 0. The van der Waals surface area contributed by atoms with E-state index < -0.39 is 10.1 Å². The summed E-state index contributed by atoms with van der Waals surface area (Å²) in [7, 11) is -3.78. The van der Waals surface area contributed by atoms with Gasteiger partial charge < -0.3 is 0 Å². The molecular weight excluding hydrogens is 290 g/mol. The van der Waals surface area contributed by atoms with Gasteiger partial charge in [-0.05, 0) is 30.2 Å². The minimum absolute atomic E-state index is 0.0766. The summed E-state index contributed by atoms with van der Waals surface area (Å²) in [6.07, 6.45) is 0. The largest absolute Gasteiger partial charge is 0.297 e. The van der Waals surface area contributed by atoms with E-state index in [1.165, 1.54) is 12.1 Å².